The lowest BCUT2D eigenvalue weighted by molar-refractivity contribution is 0.0782. The summed E-state index contributed by atoms with van der Waals surface area (Å²) in [5.74, 6) is -1.40. The van der Waals surface area contributed by atoms with E-state index in [1.807, 2.05) is 0 Å². The molecule has 5 N–H and O–H groups in total. The molecule has 3 rings (SSSR count). The molecular formula is C23H23FN4O3S. The Hall–Kier alpha value is -3.32. The van der Waals surface area contributed by atoms with E-state index >= 15 is 0 Å². The second-order valence-corrected chi connectivity index (χ2v) is 8.79. The monoisotopic (exact) mass is 454 g/mol. The zero-order valence-corrected chi connectivity index (χ0v) is 18.4. The van der Waals surface area contributed by atoms with E-state index in [1.54, 1.807) is 44.2 Å². The fourth-order valence-electron chi connectivity index (χ4n) is 3.13. The summed E-state index contributed by atoms with van der Waals surface area (Å²) >= 11 is 1.13. The minimum atomic E-state index is -1.19. The van der Waals surface area contributed by atoms with E-state index in [0.717, 1.165) is 11.3 Å². The fourth-order valence-corrected chi connectivity index (χ4v) is 4.23. The number of pyridine rings is 1. The molecule has 0 aliphatic heterocycles. The Morgan fingerprint density at radius 2 is 2.09 bits per heavy atom. The van der Waals surface area contributed by atoms with Crippen LogP contribution in [0.25, 0.3) is 10.4 Å². The van der Waals surface area contributed by atoms with Crippen molar-refractivity contribution in [3.05, 3.63) is 65.1 Å². The highest BCUT2D eigenvalue weighted by Crippen LogP contribution is 2.38. The van der Waals surface area contributed by atoms with Crippen molar-refractivity contribution >= 4 is 28.1 Å². The average molecular weight is 455 g/mol. The first-order valence-electron chi connectivity index (χ1n) is 9.85. The number of anilines is 2. The highest BCUT2D eigenvalue weighted by Gasteiger charge is 2.21. The Morgan fingerprint density at radius 1 is 1.34 bits per heavy atom. The van der Waals surface area contributed by atoms with E-state index in [-0.39, 0.29) is 24.2 Å². The van der Waals surface area contributed by atoms with Crippen molar-refractivity contribution in [3.63, 3.8) is 0 Å². The highest BCUT2D eigenvalue weighted by molar-refractivity contribution is 7.19. The number of benzene rings is 1. The number of aromatic nitrogens is 1. The molecule has 0 saturated heterocycles. The zero-order valence-electron chi connectivity index (χ0n) is 17.6. The van der Waals surface area contributed by atoms with Crippen LogP contribution in [0.1, 0.15) is 47.8 Å². The van der Waals surface area contributed by atoms with Gasteiger partial charge in [0.2, 0.25) is 0 Å². The number of carbonyl (C=O) groups is 1. The van der Waals surface area contributed by atoms with Crippen LogP contribution in [0.2, 0.25) is 0 Å². The lowest BCUT2D eigenvalue weighted by Gasteiger charge is -2.18. The molecule has 0 spiro atoms. The number of carbonyl (C=O) groups excluding carboxylic acids is 1. The average Bonchev–Trinajstić information content (AvgIpc) is 3.15. The van der Waals surface area contributed by atoms with E-state index in [4.69, 9.17) is 10.8 Å². The van der Waals surface area contributed by atoms with Crippen LogP contribution in [0.4, 0.5) is 15.2 Å². The molecule has 2 aromatic heterocycles. The van der Waals surface area contributed by atoms with Crippen molar-refractivity contribution in [3.8, 4) is 16.5 Å². The van der Waals surface area contributed by atoms with Crippen LogP contribution in [-0.2, 0) is 5.60 Å². The second kappa shape index (κ2) is 9.44. The van der Waals surface area contributed by atoms with Crippen LogP contribution in [0.15, 0.2) is 42.5 Å². The van der Waals surface area contributed by atoms with Crippen molar-refractivity contribution in [1.29, 1.82) is 5.26 Å². The molecular weight excluding hydrogens is 431 g/mol. The predicted octanol–water partition coefficient (Wildman–Crippen LogP) is 4.01. The number of nitrogens with zero attached hydrogens (tertiary/aromatic N) is 2. The van der Waals surface area contributed by atoms with Crippen molar-refractivity contribution in [2.45, 2.75) is 31.8 Å². The van der Waals surface area contributed by atoms with Gasteiger partial charge in [-0.3, -0.25) is 4.79 Å². The first kappa shape index (κ1) is 23.3. The number of rotatable bonds is 8. The van der Waals surface area contributed by atoms with Crippen molar-refractivity contribution in [2.75, 3.05) is 11.9 Å². The summed E-state index contributed by atoms with van der Waals surface area (Å²) in [6.45, 7) is 2.99. The molecule has 3 aromatic rings. The van der Waals surface area contributed by atoms with Crippen molar-refractivity contribution < 1.29 is 19.4 Å². The number of aliphatic hydroxyl groups excluding tert-OH is 1. The van der Waals surface area contributed by atoms with Gasteiger partial charge in [-0.2, -0.15) is 5.26 Å². The lowest BCUT2D eigenvalue weighted by atomic mass is 9.96. The lowest BCUT2D eigenvalue weighted by Crippen LogP contribution is -2.15. The first-order valence-corrected chi connectivity index (χ1v) is 10.7. The van der Waals surface area contributed by atoms with Gasteiger partial charge in [-0.1, -0.05) is 18.2 Å². The molecule has 9 heteroatoms. The Morgan fingerprint density at radius 3 is 2.69 bits per heavy atom. The summed E-state index contributed by atoms with van der Waals surface area (Å²) in [6, 6.07) is 13.1. The molecule has 0 aliphatic carbocycles. The van der Waals surface area contributed by atoms with Crippen molar-refractivity contribution in [1.82, 2.24) is 4.98 Å². The summed E-state index contributed by atoms with van der Waals surface area (Å²) in [4.78, 5) is 16.9. The summed E-state index contributed by atoms with van der Waals surface area (Å²) in [5.41, 5.74) is 5.70. The summed E-state index contributed by atoms with van der Waals surface area (Å²) in [5, 5.41) is 32.0. The number of primary amides is 1. The molecule has 1 atom stereocenters. The molecule has 0 saturated carbocycles. The summed E-state index contributed by atoms with van der Waals surface area (Å²) in [7, 11) is 0. The molecule has 0 bridgehead atoms. The van der Waals surface area contributed by atoms with Crippen LogP contribution in [0, 0.1) is 17.1 Å². The normalized spacial score (nSPS) is 12.2. The van der Waals surface area contributed by atoms with Gasteiger partial charge in [0.15, 0.2) is 0 Å². The van der Waals surface area contributed by atoms with E-state index in [0.29, 0.717) is 27.0 Å². The first-order chi connectivity index (χ1) is 15.1. The fraction of sp³-hybridized carbons (Fsp3) is 0.261. The molecule has 2 heterocycles. The smallest absolute Gasteiger partial charge is 0.251 e. The molecule has 32 heavy (non-hydrogen) atoms. The van der Waals surface area contributed by atoms with Gasteiger partial charge in [0.1, 0.15) is 16.6 Å². The maximum Gasteiger partial charge on any atom is 0.251 e. The SMILES string of the molecule is CC(C)(O)c1ccc(-c2cc(C(N)=O)c(Nc3cccc(C(C#N)CCO)n3)s2)c(F)c1. The van der Waals surface area contributed by atoms with E-state index < -0.39 is 23.2 Å². The number of nitrogens with one attached hydrogen (secondary N) is 1. The molecule has 0 radical (unpaired) electrons. The standard InChI is InChI=1S/C23H23FN4O3S/c1-23(2,31)14-6-7-15(17(24)10-14)19-11-16(21(26)30)22(32-19)28-20-5-3-4-18(27-20)13(12-25)8-9-29/h3-7,10-11,13,29,31H,8-9H2,1-2H3,(H2,26,30)(H,27,28). The van der Waals surface area contributed by atoms with Crippen LogP contribution in [0.5, 0.6) is 0 Å². The Kier molecular flexibility index (Phi) is 6.89. The molecule has 1 unspecified atom stereocenters. The highest BCUT2D eigenvalue weighted by atomic mass is 32.1. The molecule has 7 nitrogen and oxygen atoms in total. The van der Waals surface area contributed by atoms with Gasteiger partial charge < -0.3 is 21.3 Å². The maximum atomic E-state index is 14.8. The number of hydrogen-bond donors (Lipinski definition) is 4. The van der Waals surface area contributed by atoms with E-state index in [9.17, 15) is 19.6 Å². The van der Waals surface area contributed by atoms with Gasteiger partial charge in [-0.05, 0) is 50.1 Å². The summed E-state index contributed by atoms with van der Waals surface area (Å²) in [6.07, 6.45) is 0.253. The van der Waals surface area contributed by atoms with Crippen LogP contribution < -0.4 is 11.1 Å². The third kappa shape index (κ3) is 5.11. The molecule has 1 amide bonds. The second-order valence-electron chi connectivity index (χ2n) is 7.74. The van der Waals surface area contributed by atoms with Gasteiger partial charge in [0.25, 0.3) is 5.91 Å². The van der Waals surface area contributed by atoms with Gasteiger partial charge in [0.05, 0.1) is 28.8 Å². The van der Waals surface area contributed by atoms with Crippen LogP contribution in [-0.4, -0.2) is 27.7 Å². The number of nitriles is 1. The number of halogens is 1. The van der Waals surface area contributed by atoms with Crippen molar-refractivity contribution in [2.24, 2.45) is 5.73 Å². The van der Waals surface area contributed by atoms with Gasteiger partial charge in [-0.25, -0.2) is 9.37 Å². The van der Waals surface area contributed by atoms with E-state index in [2.05, 4.69) is 16.4 Å². The predicted molar refractivity (Wildman–Crippen MR) is 121 cm³/mol. The minimum Gasteiger partial charge on any atom is -0.396 e. The molecule has 1 aromatic carbocycles. The largest absolute Gasteiger partial charge is 0.396 e. The molecule has 166 valence electrons. The van der Waals surface area contributed by atoms with E-state index in [1.165, 1.54) is 12.1 Å². The van der Waals surface area contributed by atoms with Crippen LogP contribution >= 0.6 is 11.3 Å². The number of thiophene rings is 1. The number of amides is 1. The topological polar surface area (TPSA) is 132 Å². The van der Waals surface area contributed by atoms with Gasteiger partial charge in [-0.15, -0.1) is 11.3 Å². The Balaban J connectivity index is 1.97. The number of nitrogens with two attached hydrogens (primary N) is 1. The summed E-state index contributed by atoms with van der Waals surface area (Å²) < 4.78 is 14.8. The maximum absolute atomic E-state index is 14.8. The third-order valence-electron chi connectivity index (χ3n) is 4.88. The van der Waals surface area contributed by atoms with Gasteiger partial charge in [0, 0.05) is 17.0 Å². The Bertz CT molecular complexity index is 1180. The third-order valence-corrected chi connectivity index (χ3v) is 5.97. The Labute approximate surface area is 189 Å². The zero-order chi connectivity index (χ0) is 23.5. The minimum absolute atomic E-state index is 0.143. The number of hydrogen-bond acceptors (Lipinski definition) is 7. The number of aliphatic hydroxyl groups is 2. The van der Waals surface area contributed by atoms with Gasteiger partial charge >= 0.3 is 0 Å². The quantitative estimate of drug-likeness (QED) is 0.407. The molecule has 0 aliphatic rings. The van der Waals surface area contributed by atoms with Crippen LogP contribution in [0.3, 0.4) is 0 Å². The molecule has 0 fully saturated rings.